The van der Waals surface area contributed by atoms with Crippen molar-refractivity contribution in [2.45, 2.75) is 11.3 Å². The van der Waals surface area contributed by atoms with E-state index in [9.17, 15) is 12.8 Å². The van der Waals surface area contributed by atoms with E-state index in [1.165, 1.54) is 12.1 Å². The molecule has 0 spiro atoms. The summed E-state index contributed by atoms with van der Waals surface area (Å²) in [5, 5.41) is 0. The first-order chi connectivity index (χ1) is 9.38. The fourth-order valence-corrected chi connectivity index (χ4v) is 4.29. The number of benzene rings is 1. The monoisotopic (exact) mass is 441 g/mol. The molecular formula is C12H10Br2FNO2S2. The van der Waals surface area contributed by atoms with Crippen molar-refractivity contribution in [2.24, 2.45) is 0 Å². The van der Waals surface area contributed by atoms with Crippen LogP contribution in [0.1, 0.15) is 4.88 Å². The Morgan fingerprint density at radius 2 is 1.95 bits per heavy atom. The van der Waals surface area contributed by atoms with Gasteiger partial charge in [-0.05, 0) is 68.6 Å². The van der Waals surface area contributed by atoms with Gasteiger partial charge in [-0.25, -0.2) is 17.5 Å². The van der Waals surface area contributed by atoms with Gasteiger partial charge in [-0.3, -0.25) is 0 Å². The normalized spacial score (nSPS) is 11.8. The molecule has 1 aromatic carbocycles. The molecule has 0 aliphatic rings. The van der Waals surface area contributed by atoms with Gasteiger partial charge in [0.1, 0.15) is 5.82 Å². The van der Waals surface area contributed by atoms with Crippen LogP contribution in [-0.2, 0) is 16.4 Å². The highest BCUT2D eigenvalue weighted by Gasteiger charge is 2.15. The average Bonchev–Trinajstić information content (AvgIpc) is 2.78. The number of sulfonamides is 1. The van der Waals surface area contributed by atoms with E-state index in [1.807, 2.05) is 12.1 Å². The second-order valence-corrected chi connectivity index (χ2v) is 9.10. The van der Waals surface area contributed by atoms with Crippen LogP contribution in [0.15, 0.2) is 43.5 Å². The number of hydrogen-bond donors (Lipinski definition) is 1. The largest absolute Gasteiger partial charge is 0.240 e. The lowest BCUT2D eigenvalue weighted by atomic mass is 10.3. The fourth-order valence-electron chi connectivity index (χ4n) is 1.52. The van der Waals surface area contributed by atoms with Gasteiger partial charge in [-0.1, -0.05) is 0 Å². The molecule has 0 atom stereocenters. The minimum Gasteiger partial charge on any atom is -0.211 e. The first-order valence-corrected chi connectivity index (χ1v) is 9.46. The Labute approximate surface area is 137 Å². The van der Waals surface area contributed by atoms with Gasteiger partial charge in [0.05, 0.1) is 13.2 Å². The summed E-state index contributed by atoms with van der Waals surface area (Å²) in [6.07, 6.45) is 0.592. The van der Waals surface area contributed by atoms with Crippen molar-refractivity contribution in [3.05, 3.63) is 49.3 Å². The van der Waals surface area contributed by atoms with Crippen molar-refractivity contribution in [2.75, 3.05) is 6.54 Å². The zero-order valence-electron chi connectivity index (χ0n) is 10.1. The third-order valence-electron chi connectivity index (χ3n) is 2.49. The van der Waals surface area contributed by atoms with Crippen molar-refractivity contribution < 1.29 is 12.8 Å². The van der Waals surface area contributed by atoms with Crippen LogP contribution in [0.3, 0.4) is 0 Å². The highest BCUT2D eigenvalue weighted by Crippen LogP contribution is 2.22. The lowest BCUT2D eigenvalue weighted by molar-refractivity contribution is 0.577. The summed E-state index contributed by atoms with van der Waals surface area (Å²) >= 11 is 7.89. The molecule has 20 heavy (non-hydrogen) atoms. The van der Waals surface area contributed by atoms with Crippen LogP contribution in [-0.4, -0.2) is 15.0 Å². The van der Waals surface area contributed by atoms with Crippen LogP contribution >= 0.6 is 43.2 Å². The van der Waals surface area contributed by atoms with Crippen molar-refractivity contribution in [3.8, 4) is 0 Å². The van der Waals surface area contributed by atoms with Gasteiger partial charge < -0.3 is 0 Å². The third kappa shape index (κ3) is 4.11. The zero-order chi connectivity index (χ0) is 14.8. The van der Waals surface area contributed by atoms with Crippen molar-refractivity contribution in [1.82, 2.24) is 4.72 Å². The Morgan fingerprint density at radius 3 is 2.55 bits per heavy atom. The number of rotatable bonds is 5. The predicted molar refractivity (Wildman–Crippen MR) is 85.0 cm³/mol. The average molecular weight is 443 g/mol. The van der Waals surface area contributed by atoms with E-state index >= 15 is 0 Å². The number of thiophene rings is 1. The standard InChI is InChI=1S/C12H10Br2FNO2S2/c13-10-3-2-9(7-11(10)15)20(17,18)16-6-5-8-1-4-12(14)19-8/h1-4,7,16H,5-6H2. The van der Waals surface area contributed by atoms with E-state index in [0.29, 0.717) is 6.42 Å². The second-order valence-electron chi connectivity index (χ2n) is 3.93. The molecule has 3 nitrogen and oxygen atoms in total. The quantitative estimate of drug-likeness (QED) is 0.762. The summed E-state index contributed by atoms with van der Waals surface area (Å²) in [4.78, 5) is 0.993. The number of hydrogen-bond acceptors (Lipinski definition) is 3. The molecule has 1 N–H and O–H groups in total. The van der Waals surface area contributed by atoms with Crippen molar-refractivity contribution >= 4 is 53.2 Å². The predicted octanol–water partition coefficient (Wildman–Crippen LogP) is 3.93. The molecule has 0 radical (unpaired) electrons. The summed E-state index contributed by atoms with van der Waals surface area (Å²) in [5.74, 6) is -0.602. The molecular weight excluding hydrogens is 433 g/mol. The molecule has 0 amide bonds. The van der Waals surface area contributed by atoms with Gasteiger partial charge in [-0.15, -0.1) is 11.3 Å². The van der Waals surface area contributed by atoms with Crippen LogP contribution in [0.25, 0.3) is 0 Å². The minimum absolute atomic E-state index is 0.0782. The lowest BCUT2D eigenvalue weighted by Gasteiger charge is -2.06. The van der Waals surface area contributed by atoms with Crippen LogP contribution in [0, 0.1) is 5.82 Å². The van der Waals surface area contributed by atoms with Crippen LogP contribution in [0.4, 0.5) is 4.39 Å². The highest BCUT2D eigenvalue weighted by atomic mass is 79.9. The van der Waals surface area contributed by atoms with Gasteiger partial charge >= 0.3 is 0 Å². The van der Waals surface area contributed by atoms with Crippen molar-refractivity contribution in [1.29, 1.82) is 0 Å². The van der Waals surface area contributed by atoms with E-state index < -0.39 is 15.8 Å². The van der Waals surface area contributed by atoms with Crippen LogP contribution < -0.4 is 4.72 Å². The Bertz CT molecular complexity index is 716. The molecule has 0 unspecified atom stereocenters. The minimum atomic E-state index is -3.68. The van der Waals surface area contributed by atoms with Crippen LogP contribution in [0.2, 0.25) is 0 Å². The maximum Gasteiger partial charge on any atom is 0.240 e. The summed E-state index contributed by atoms with van der Waals surface area (Å²) in [7, 11) is -3.68. The van der Waals surface area contributed by atoms with Gasteiger partial charge in [0, 0.05) is 11.4 Å². The molecule has 2 rings (SSSR count). The molecule has 0 saturated heterocycles. The van der Waals surface area contributed by atoms with E-state index in [-0.39, 0.29) is 15.9 Å². The first-order valence-electron chi connectivity index (χ1n) is 5.57. The fraction of sp³-hybridized carbons (Fsp3) is 0.167. The topological polar surface area (TPSA) is 46.2 Å². The molecule has 8 heteroatoms. The van der Waals surface area contributed by atoms with E-state index in [2.05, 4.69) is 36.6 Å². The number of nitrogens with one attached hydrogen (secondary N) is 1. The van der Waals surface area contributed by atoms with Crippen LogP contribution in [0.5, 0.6) is 0 Å². The molecule has 108 valence electrons. The molecule has 0 aliphatic carbocycles. The Hall–Kier alpha value is -0.280. The maximum absolute atomic E-state index is 13.4. The molecule has 0 bridgehead atoms. The van der Waals surface area contributed by atoms with E-state index in [4.69, 9.17) is 0 Å². The van der Waals surface area contributed by atoms with Gasteiger partial charge in [0.2, 0.25) is 10.0 Å². The molecule has 0 fully saturated rings. The Morgan fingerprint density at radius 1 is 1.20 bits per heavy atom. The summed E-state index contributed by atoms with van der Waals surface area (Å²) in [6, 6.07) is 7.58. The third-order valence-corrected chi connectivity index (χ3v) is 6.28. The summed E-state index contributed by atoms with van der Waals surface area (Å²) in [5.41, 5.74) is 0. The van der Waals surface area contributed by atoms with E-state index in [0.717, 1.165) is 14.7 Å². The summed E-state index contributed by atoms with van der Waals surface area (Å²) < 4.78 is 41.0. The lowest BCUT2D eigenvalue weighted by Crippen LogP contribution is -2.25. The highest BCUT2D eigenvalue weighted by molar-refractivity contribution is 9.11. The van der Waals surface area contributed by atoms with Crippen molar-refractivity contribution in [3.63, 3.8) is 0 Å². The molecule has 2 aromatic rings. The van der Waals surface area contributed by atoms with Gasteiger partial charge in [0.15, 0.2) is 0 Å². The number of halogens is 3. The smallest absolute Gasteiger partial charge is 0.211 e. The molecule has 1 heterocycles. The van der Waals surface area contributed by atoms with Gasteiger partial charge in [-0.2, -0.15) is 0 Å². The SMILES string of the molecule is O=S(=O)(NCCc1ccc(Br)s1)c1ccc(Br)c(F)c1. The zero-order valence-corrected chi connectivity index (χ0v) is 14.9. The van der Waals surface area contributed by atoms with Gasteiger partial charge in [0.25, 0.3) is 0 Å². The molecule has 0 saturated carbocycles. The molecule has 0 aliphatic heterocycles. The molecule has 1 aromatic heterocycles. The summed E-state index contributed by atoms with van der Waals surface area (Å²) in [6.45, 7) is 0.271. The second kappa shape index (κ2) is 6.65. The first kappa shape index (κ1) is 16.1. The Kier molecular flexibility index (Phi) is 5.36. The Balaban J connectivity index is 2.02. The van der Waals surface area contributed by atoms with E-state index in [1.54, 1.807) is 11.3 Å². The maximum atomic E-state index is 13.4.